The molecule has 0 saturated carbocycles. The van der Waals surface area contributed by atoms with E-state index in [1.165, 1.54) is 6.92 Å². The molecule has 0 radical (unpaired) electrons. The molecule has 0 spiro atoms. The first kappa shape index (κ1) is 12.2. The summed E-state index contributed by atoms with van der Waals surface area (Å²) in [6, 6.07) is 3.58. The molecule has 0 unspecified atom stereocenters. The molecule has 1 aromatic rings. The molecule has 1 N–H and O–H groups in total. The summed E-state index contributed by atoms with van der Waals surface area (Å²) in [5.74, 6) is -0.0466. The van der Waals surface area contributed by atoms with Crippen molar-refractivity contribution in [2.24, 2.45) is 0 Å². The van der Waals surface area contributed by atoms with Gasteiger partial charge in [0.05, 0.1) is 6.42 Å². The fourth-order valence-electron chi connectivity index (χ4n) is 1.18. The summed E-state index contributed by atoms with van der Waals surface area (Å²) in [6.07, 6.45) is 1.49. The zero-order valence-corrected chi connectivity index (χ0v) is 9.65. The molecule has 5 heteroatoms. The van der Waals surface area contributed by atoms with E-state index in [4.69, 9.17) is 0 Å². The van der Waals surface area contributed by atoms with E-state index >= 15 is 0 Å². The molecular formula is C11H15N3O2. The van der Waals surface area contributed by atoms with Crippen LogP contribution < -0.4 is 10.2 Å². The second-order valence-electron chi connectivity index (χ2n) is 3.72. The Kier molecular flexibility index (Phi) is 3.99. The number of hydrogen-bond acceptors (Lipinski definition) is 4. The summed E-state index contributed by atoms with van der Waals surface area (Å²) in [6.45, 7) is 1.38. The number of Topliss-reactive ketones (excluding diaryl/α,β-unsaturated/α-hetero) is 1. The molecule has 0 aliphatic rings. The van der Waals surface area contributed by atoms with Crippen molar-refractivity contribution in [3.05, 3.63) is 18.3 Å². The van der Waals surface area contributed by atoms with Gasteiger partial charge >= 0.3 is 0 Å². The largest absolute Gasteiger partial charge is 0.378 e. The molecule has 16 heavy (non-hydrogen) atoms. The maximum atomic E-state index is 11.3. The van der Waals surface area contributed by atoms with E-state index < -0.39 is 0 Å². The normalized spacial score (nSPS) is 9.69. The predicted octanol–water partition coefficient (Wildman–Crippen LogP) is 1.07. The fourth-order valence-corrected chi connectivity index (χ4v) is 1.18. The Hall–Kier alpha value is -1.91. The van der Waals surface area contributed by atoms with Crippen molar-refractivity contribution in [1.29, 1.82) is 0 Å². The third-order valence-corrected chi connectivity index (χ3v) is 1.94. The Morgan fingerprint density at radius 3 is 2.69 bits per heavy atom. The number of rotatable bonds is 4. The maximum absolute atomic E-state index is 11.3. The molecule has 86 valence electrons. The van der Waals surface area contributed by atoms with Gasteiger partial charge in [-0.25, -0.2) is 4.98 Å². The van der Waals surface area contributed by atoms with Gasteiger partial charge in [-0.2, -0.15) is 0 Å². The summed E-state index contributed by atoms with van der Waals surface area (Å²) in [5.41, 5.74) is 0.938. The topological polar surface area (TPSA) is 62.3 Å². The Morgan fingerprint density at radius 1 is 1.44 bits per heavy atom. The highest BCUT2D eigenvalue weighted by Crippen LogP contribution is 2.14. The zero-order valence-electron chi connectivity index (χ0n) is 9.65. The van der Waals surface area contributed by atoms with Crippen LogP contribution in [0.4, 0.5) is 11.5 Å². The Labute approximate surface area is 94.5 Å². The molecule has 0 saturated heterocycles. The minimum atomic E-state index is -0.337. The van der Waals surface area contributed by atoms with Crippen LogP contribution in [0, 0.1) is 0 Å². The van der Waals surface area contributed by atoms with Crippen LogP contribution in [0.25, 0.3) is 0 Å². The minimum absolute atomic E-state index is 0.117. The Balaban J connectivity index is 2.70. The van der Waals surface area contributed by atoms with Crippen molar-refractivity contribution in [2.45, 2.75) is 13.3 Å². The fraction of sp³-hybridized carbons (Fsp3) is 0.364. The lowest BCUT2D eigenvalue weighted by Gasteiger charge is -2.13. The first-order chi connectivity index (χ1) is 7.49. The van der Waals surface area contributed by atoms with Crippen molar-refractivity contribution in [3.63, 3.8) is 0 Å². The number of carbonyl (C=O) groups excluding carboxylic acids is 2. The molecule has 0 fully saturated rings. The van der Waals surface area contributed by atoms with Crippen molar-refractivity contribution in [3.8, 4) is 0 Å². The van der Waals surface area contributed by atoms with Crippen LogP contribution in [-0.2, 0) is 9.59 Å². The monoisotopic (exact) mass is 221 g/mol. The second kappa shape index (κ2) is 5.25. The van der Waals surface area contributed by atoms with Gasteiger partial charge in [0.2, 0.25) is 5.91 Å². The number of carbonyl (C=O) groups is 2. The molecule has 0 aromatic carbocycles. The number of anilines is 2. The summed E-state index contributed by atoms with van der Waals surface area (Å²) in [4.78, 5) is 28.0. The third kappa shape index (κ3) is 3.68. The molecule has 1 amide bonds. The molecule has 5 nitrogen and oxygen atoms in total. The van der Waals surface area contributed by atoms with Crippen LogP contribution >= 0.6 is 0 Å². The average molecular weight is 221 g/mol. The lowest BCUT2D eigenvalue weighted by atomic mass is 10.3. The van der Waals surface area contributed by atoms with Crippen molar-refractivity contribution in [1.82, 2.24) is 4.98 Å². The summed E-state index contributed by atoms with van der Waals surface area (Å²) < 4.78 is 0. The first-order valence-electron chi connectivity index (χ1n) is 4.91. The maximum Gasteiger partial charge on any atom is 0.232 e. The van der Waals surface area contributed by atoms with Crippen LogP contribution in [-0.4, -0.2) is 30.8 Å². The number of nitrogens with one attached hydrogen (secondary N) is 1. The number of pyridine rings is 1. The Morgan fingerprint density at radius 2 is 2.12 bits per heavy atom. The van der Waals surface area contributed by atoms with E-state index in [9.17, 15) is 9.59 Å². The van der Waals surface area contributed by atoms with E-state index in [2.05, 4.69) is 10.3 Å². The van der Waals surface area contributed by atoms with Crippen LogP contribution in [0.15, 0.2) is 18.3 Å². The second-order valence-corrected chi connectivity index (χ2v) is 3.72. The van der Waals surface area contributed by atoms with Gasteiger partial charge in [0.25, 0.3) is 0 Å². The number of amides is 1. The van der Waals surface area contributed by atoms with Gasteiger partial charge < -0.3 is 10.2 Å². The molecule has 0 bridgehead atoms. The summed E-state index contributed by atoms with van der Waals surface area (Å²) in [5, 5.41) is 2.57. The van der Waals surface area contributed by atoms with Crippen LogP contribution in [0.5, 0.6) is 0 Å². The smallest absolute Gasteiger partial charge is 0.232 e. The Bertz CT molecular complexity index is 402. The third-order valence-electron chi connectivity index (χ3n) is 1.94. The molecule has 1 rings (SSSR count). The number of ketones is 1. The highest BCUT2D eigenvalue weighted by Gasteiger charge is 2.06. The van der Waals surface area contributed by atoms with E-state index in [1.54, 1.807) is 12.3 Å². The van der Waals surface area contributed by atoms with Crippen LogP contribution in [0.1, 0.15) is 13.3 Å². The highest BCUT2D eigenvalue weighted by molar-refractivity contribution is 6.03. The first-order valence-corrected chi connectivity index (χ1v) is 4.91. The van der Waals surface area contributed by atoms with Gasteiger partial charge in [-0.1, -0.05) is 0 Å². The molecule has 0 atom stereocenters. The van der Waals surface area contributed by atoms with Crippen LogP contribution in [0.2, 0.25) is 0 Å². The van der Waals surface area contributed by atoms with E-state index in [0.29, 0.717) is 5.82 Å². The van der Waals surface area contributed by atoms with Gasteiger partial charge in [-0.05, 0) is 13.0 Å². The quantitative estimate of drug-likeness (QED) is 0.772. The highest BCUT2D eigenvalue weighted by atomic mass is 16.2. The van der Waals surface area contributed by atoms with Crippen molar-refractivity contribution < 1.29 is 9.59 Å². The molecular weight excluding hydrogens is 206 g/mol. The van der Waals surface area contributed by atoms with E-state index in [-0.39, 0.29) is 18.1 Å². The SMILES string of the molecule is CC(=O)CC(=O)Nc1cc(N(C)C)ccn1. The van der Waals surface area contributed by atoms with E-state index in [1.807, 2.05) is 25.1 Å². The van der Waals surface area contributed by atoms with Crippen molar-refractivity contribution in [2.75, 3.05) is 24.3 Å². The number of nitrogens with zero attached hydrogens (tertiary/aromatic N) is 2. The van der Waals surface area contributed by atoms with Gasteiger partial charge in [0.1, 0.15) is 11.6 Å². The zero-order chi connectivity index (χ0) is 12.1. The number of hydrogen-bond donors (Lipinski definition) is 1. The van der Waals surface area contributed by atoms with Gasteiger partial charge in [-0.3, -0.25) is 9.59 Å². The lowest BCUT2D eigenvalue weighted by Crippen LogP contribution is -2.16. The molecule has 0 aliphatic carbocycles. The van der Waals surface area contributed by atoms with Gasteiger partial charge in [0, 0.05) is 32.0 Å². The van der Waals surface area contributed by atoms with Gasteiger partial charge in [-0.15, -0.1) is 0 Å². The predicted molar refractivity (Wildman–Crippen MR) is 62.5 cm³/mol. The molecule has 1 heterocycles. The van der Waals surface area contributed by atoms with Crippen LogP contribution in [0.3, 0.4) is 0 Å². The van der Waals surface area contributed by atoms with E-state index in [0.717, 1.165) is 5.69 Å². The summed E-state index contributed by atoms with van der Waals surface area (Å²) in [7, 11) is 3.80. The minimum Gasteiger partial charge on any atom is -0.378 e. The van der Waals surface area contributed by atoms with Crippen molar-refractivity contribution >= 4 is 23.2 Å². The lowest BCUT2D eigenvalue weighted by molar-refractivity contribution is -0.124. The standard InChI is InChI=1S/C11H15N3O2/c1-8(15)6-11(16)13-10-7-9(14(2)3)4-5-12-10/h4-5,7H,6H2,1-3H3,(H,12,13,16). The number of aromatic nitrogens is 1. The molecule has 0 aliphatic heterocycles. The average Bonchev–Trinajstić information content (AvgIpc) is 2.16. The summed E-state index contributed by atoms with van der Waals surface area (Å²) >= 11 is 0. The van der Waals surface area contributed by atoms with Gasteiger partial charge in [0.15, 0.2) is 0 Å². The molecule has 1 aromatic heterocycles.